The van der Waals surface area contributed by atoms with Crippen LogP contribution in [0.1, 0.15) is 27.9 Å². The van der Waals surface area contributed by atoms with Crippen LogP contribution >= 0.6 is 0 Å². The maximum absolute atomic E-state index is 11.9. The van der Waals surface area contributed by atoms with Crippen molar-refractivity contribution in [2.75, 3.05) is 0 Å². The number of carbonyl (C=O) groups excluding carboxylic acids is 2. The lowest BCUT2D eigenvalue weighted by atomic mass is 9.88. The van der Waals surface area contributed by atoms with E-state index in [0.717, 1.165) is 16.8 Å². The van der Waals surface area contributed by atoms with Crippen LogP contribution in [0.25, 0.3) is 0 Å². The maximum atomic E-state index is 11.9. The third-order valence-corrected chi connectivity index (χ3v) is 3.36. The van der Waals surface area contributed by atoms with Gasteiger partial charge in [0.25, 0.3) is 0 Å². The van der Waals surface area contributed by atoms with Crippen LogP contribution in [-0.2, 0) is 4.79 Å². The van der Waals surface area contributed by atoms with E-state index in [2.05, 4.69) is 4.99 Å². The number of nitrogens with zero attached hydrogens (tertiary/aromatic N) is 1. The summed E-state index contributed by atoms with van der Waals surface area (Å²) in [6.07, 6.45) is 0.0731. The van der Waals surface area contributed by atoms with Crippen LogP contribution < -0.4 is 0 Å². The first-order chi connectivity index (χ1) is 9.65. The number of rotatable bonds is 1. The van der Waals surface area contributed by atoms with Gasteiger partial charge in [-0.25, -0.2) is 0 Å². The van der Waals surface area contributed by atoms with E-state index < -0.39 is 11.6 Å². The molecule has 0 radical (unpaired) electrons. The zero-order valence-electron chi connectivity index (χ0n) is 11.1. The molecule has 2 aromatic carbocycles. The normalized spacial score (nSPS) is 16.4. The van der Waals surface area contributed by atoms with Crippen molar-refractivity contribution in [1.29, 1.82) is 0 Å². The third-order valence-electron chi connectivity index (χ3n) is 3.36. The van der Waals surface area contributed by atoms with Gasteiger partial charge in [0.05, 0.1) is 17.8 Å². The lowest BCUT2D eigenvalue weighted by Gasteiger charge is -2.15. The number of hydrogen-bond donors (Lipinski definition) is 0. The molecular weight excluding hydrogens is 250 g/mol. The highest BCUT2D eigenvalue weighted by atomic mass is 16.2. The predicted octanol–water partition coefficient (Wildman–Crippen LogP) is 3.27. The van der Waals surface area contributed by atoms with Gasteiger partial charge in [-0.2, -0.15) is 0 Å². The standard InChI is InChI=1S/C17H13NO2/c1-11-6-8-12(9-7-11)18-15-10-16(19)17(20)14-5-3-2-4-13(14)15/h2-9H,10H2,1H3. The van der Waals surface area contributed by atoms with Crippen molar-refractivity contribution in [2.24, 2.45) is 4.99 Å². The molecule has 0 aromatic heterocycles. The molecule has 0 bridgehead atoms. The van der Waals surface area contributed by atoms with Crippen molar-refractivity contribution in [3.05, 3.63) is 65.2 Å². The molecule has 20 heavy (non-hydrogen) atoms. The summed E-state index contributed by atoms with van der Waals surface area (Å²) in [5, 5.41) is 0. The number of aryl methyl sites for hydroxylation is 1. The summed E-state index contributed by atoms with van der Waals surface area (Å²) in [4.78, 5) is 28.2. The Hall–Kier alpha value is -2.55. The minimum absolute atomic E-state index is 0.0731. The fourth-order valence-electron chi connectivity index (χ4n) is 2.29. The van der Waals surface area contributed by atoms with E-state index in [1.165, 1.54) is 0 Å². The van der Waals surface area contributed by atoms with Gasteiger partial charge in [-0.05, 0) is 19.1 Å². The van der Waals surface area contributed by atoms with Gasteiger partial charge in [-0.3, -0.25) is 14.6 Å². The Labute approximate surface area is 117 Å². The number of Topliss-reactive ketones (excluding diaryl/α,β-unsaturated/α-hetero) is 2. The molecule has 3 heteroatoms. The summed E-state index contributed by atoms with van der Waals surface area (Å²) in [7, 11) is 0. The second kappa shape index (κ2) is 4.85. The van der Waals surface area contributed by atoms with Crippen LogP contribution in [0.5, 0.6) is 0 Å². The molecule has 0 saturated heterocycles. The van der Waals surface area contributed by atoms with Gasteiger partial charge in [0, 0.05) is 11.1 Å². The van der Waals surface area contributed by atoms with Gasteiger partial charge in [0.1, 0.15) is 0 Å². The largest absolute Gasteiger partial charge is 0.290 e. The second-order valence-electron chi connectivity index (χ2n) is 4.87. The van der Waals surface area contributed by atoms with Gasteiger partial charge in [-0.15, -0.1) is 0 Å². The molecule has 0 atom stereocenters. The molecule has 1 aliphatic rings. The van der Waals surface area contributed by atoms with Crippen LogP contribution in [0, 0.1) is 6.92 Å². The van der Waals surface area contributed by atoms with Crippen molar-refractivity contribution in [3.8, 4) is 0 Å². The Bertz CT molecular complexity index is 727. The second-order valence-corrected chi connectivity index (χ2v) is 4.87. The summed E-state index contributed by atoms with van der Waals surface area (Å²) in [5.74, 6) is -0.807. The molecule has 0 aliphatic heterocycles. The van der Waals surface area contributed by atoms with E-state index in [9.17, 15) is 9.59 Å². The van der Waals surface area contributed by atoms with Crippen LogP contribution in [0.15, 0.2) is 53.5 Å². The Morgan fingerprint density at radius 2 is 1.55 bits per heavy atom. The summed E-state index contributed by atoms with van der Waals surface area (Å²) >= 11 is 0. The van der Waals surface area contributed by atoms with E-state index in [0.29, 0.717) is 11.3 Å². The molecule has 0 unspecified atom stereocenters. The fourth-order valence-corrected chi connectivity index (χ4v) is 2.29. The maximum Gasteiger partial charge on any atom is 0.229 e. The first kappa shape index (κ1) is 12.5. The smallest absolute Gasteiger partial charge is 0.229 e. The van der Waals surface area contributed by atoms with Gasteiger partial charge in [0.15, 0.2) is 0 Å². The van der Waals surface area contributed by atoms with Gasteiger partial charge >= 0.3 is 0 Å². The van der Waals surface area contributed by atoms with Crippen molar-refractivity contribution < 1.29 is 9.59 Å². The van der Waals surface area contributed by atoms with Crippen molar-refractivity contribution in [3.63, 3.8) is 0 Å². The molecule has 0 fully saturated rings. The molecule has 2 aromatic rings. The molecule has 3 nitrogen and oxygen atoms in total. The van der Waals surface area contributed by atoms with Crippen LogP contribution in [0.4, 0.5) is 5.69 Å². The average Bonchev–Trinajstić information content (AvgIpc) is 2.47. The first-order valence-electron chi connectivity index (χ1n) is 6.46. The number of ketones is 2. The Morgan fingerprint density at radius 1 is 0.900 bits per heavy atom. The molecule has 0 spiro atoms. The molecule has 3 rings (SSSR count). The minimum Gasteiger partial charge on any atom is -0.290 e. The van der Waals surface area contributed by atoms with E-state index in [1.807, 2.05) is 43.3 Å². The van der Waals surface area contributed by atoms with Crippen molar-refractivity contribution >= 4 is 23.0 Å². The predicted molar refractivity (Wildman–Crippen MR) is 77.8 cm³/mol. The summed E-state index contributed by atoms with van der Waals surface area (Å²) in [5.41, 5.74) is 3.83. The highest BCUT2D eigenvalue weighted by Crippen LogP contribution is 2.23. The summed E-state index contributed by atoms with van der Waals surface area (Å²) < 4.78 is 0. The van der Waals surface area contributed by atoms with E-state index in [4.69, 9.17) is 0 Å². The third kappa shape index (κ3) is 2.18. The monoisotopic (exact) mass is 263 g/mol. The van der Waals surface area contributed by atoms with Crippen molar-refractivity contribution in [2.45, 2.75) is 13.3 Å². The highest BCUT2D eigenvalue weighted by molar-refractivity contribution is 6.51. The number of fused-ring (bicyclic) bond motifs is 1. The highest BCUT2D eigenvalue weighted by Gasteiger charge is 2.28. The molecule has 0 amide bonds. The summed E-state index contributed by atoms with van der Waals surface area (Å²) in [6.45, 7) is 2.01. The molecule has 0 saturated carbocycles. The molecule has 0 N–H and O–H groups in total. The van der Waals surface area contributed by atoms with Gasteiger partial charge in [0.2, 0.25) is 11.6 Å². The lowest BCUT2D eigenvalue weighted by molar-refractivity contribution is -0.114. The average molecular weight is 263 g/mol. The number of carbonyl (C=O) groups is 2. The molecular formula is C17H13NO2. The fraction of sp³-hybridized carbons (Fsp3) is 0.118. The van der Waals surface area contributed by atoms with Crippen LogP contribution in [-0.4, -0.2) is 17.3 Å². The number of aliphatic imine (C=N–C) groups is 1. The Balaban J connectivity index is 2.10. The van der Waals surface area contributed by atoms with Crippen molar-refractivity contribution in [1.82, 2.24) is 0 Å². The minimum atomic E-state index is -0.413. The van der Waals surface area contributed by atoms with Gasteiger partial charge < -0.3 is 0 Å². The SMILES string of the molecule is Cc1ccc(N=C2CC(=O)C(=O)c3ccccc32)cc1. The van der Waals surface area contributed by atoms with Gasteiger partial charge in [-0.1, -0.05) is 42.0 Å². The van der Waals surface area contributed by atoms with E-state index in [1.54, 1.807) is 12.1 Å². The van der Waals surface area contributed by atoms with Crippen LogP contribution in [0.3, 0.4) is 0 Å². The van der Waals surface area contributed by atoms with E-state index in [-0.39, 0.29) is 6.42 Å². The van der Waals surface area contributed by atoms with Crippen LogP contribution in [0.2, 0.25) is 0 Å². The molecule has 98 valence electrons. The summed E-state index contributed by atoms with van der Waals surface area (Å²) in [6, 6.07) is 14.9. The molecule has 0 heterocycles. The number of benzene rings is 2. The topological polar surface area (TPSA) is 46.5 Å². The lowest BCUT2D eigenvalue weighted by Crippen LogP contribution is -2.27. The Kier molecular flexibility index (Phi) is 3.03. The van der Waals surface area contributed by atoms with E-state index >= 15 is 0 Å². The Morgan fingerprint density at radius 3 is 2.25 bits per heavy atom. The number of hydrogen-bond acceptors (Lipinski definition) is 3. The molecule has 1 aliphatic carbocycles. The zero-order chi connectivity index (χ0) is 14.1. The quantitative estimate of drug-likeness (QED) is 0.741. The zero-order valence-corrected chi connectivity index (χ0v) is 11.1. The first-order valence-corrected chi connectivity index (χ1v) is 6.46.